The van der Waals surface area contributed by atoms with Crippen LogP contribution < -0.4 is 5.73 Å². The number of hydrogen-bond donors (Lipinski definition) is 1. The first kappa shape index (κ1) is 11.1. The fraction of sp³-hybridized carbons (Fsp3) is 0.538. The Bertz CT molecular complexity index is 422. The first-order valence-corrected chi connectivity index (χ1v) is 5.84. The monoisotopic (exact) mass is 237 g/mol. The van der Waals surface area contributed by atoms with E-state index in [-0.39, 0.29) is 16.6 Å². The highest BCUT2D eigenvalue weighted by atomic mass is 19.1. The Kier molecular flexibility index (Phi) is 2.47. The molecule has 0 aromatic heterocycles. The Hall–Kier alpha value is -0.970. The molecule has 0 saturated carbocycles. The molecular weight excluding hydrogens is 221 g/mol. The van der Waals surface area contributed by atoms with Gasteiger partial charge in [-0.2, -0.15) is 0 Å². The predicted molar refractivity (Wildman–Crippen MR) is 61.2 cm³/mol. The van der Waals surface area contributed by atoms with Gasteiger partial charge in [-0.25, -0.2) is 4.39 Å². The Labute approximate surface area is 99.7 Å². The molecule has 1 aromatic rings. The molecule has 0 radical (unpaired) electrons. The van der Waals surface area contributed by atoms with E-state index in [1.165, 1.54) is 6.07 Å². The molecule has 2 saturated heterocycles. The van der Waals surface area contributed by atoms with Gasteiger partial charge in [-0.1, -0.05) is 12.1 Å². The highest BCUT2D eigenvalue weighted by molar-refractivity contribution is 5.33. The van der Waals surface area contributed by atoms with Crippen molar-refractivity contribution in [1.29, 1.82) is 0 Å². The fourth-order valence-electron chi connectivity index (χ4n) is 2.81. The molecule has 2 aliphatic rings. The van der Waals surface area contributed by atoms with Crippen LogP contribution in [0.15, 0.2) is 24.3 Å². The molecule has 0 aliphatic carbocycles. The average molecular weight is 237 g/mol. The zero-order chi connectivity index (χ0) is 11.9. The molecule has 2 fully saturated rings. The van der Waals surface area contributed by atoms with Crippen LogP contribution >= 0.6 is 0 Å². The van der Waals surface area contributed by atoms with E-state index in [0.717, 1.165) is 5.56 Å². The second kappa shape index (κ2) is 3.77. The molecule has 0 spiro atoms. The van der Waals surface area contributed by atoms with E-state index < -0.39 is 0 Å². The SMILES string of the molecule is NCC1(C2(c3cccc(F)c3)COC2)COC1. The maximum absolute atomic E-state index is 13.4. The third kappa shape index (κ3) is 1.38. The van der Waals surface area contributed by atoms with Gasteiger partial charge in [-0.15, -0.1) is 0 Å². The molecule has 0 bridgehead atoms. The Balaban J connectivity index is 2.02. The van der Waals surface area contributed by atoms with Crippen LogP contribution in [0.2, 0.25) is 0 Å². The number of nitrogens with two attached hydrogens (primary N) is 1. The van der Waals surface area contributed by atoms with Gasteiger partial charge >= 0.3 is 0 Å². The summed E-state index contributed by atoms with van der Waals surface area (Å²) in [5.41, 5.74) is 6.65. The largest absolute Gasteiger partial charge is 0.380 e. The van der Waals surface area contributed by atoms with Crippen LogP contribution in [-0.2, 0) is 14.9 Å². The fourth-order valence-corrected chi connectivity index (χ4v) is 2.81. The van der Waals surface area contributed by atoms with Gasteiger partial charge < -0.3 is 15.2 Å². The third-order valence-electron chi connectivity index (χ3n) is 4.24. The van der Waals surface area contributed by atoms with Crippen LogP contribution in [0.5, 0.6) is 0 Å². The quantitative estimate of drug-likeness (QED) is 0.855. The van der Waals surface area contributed by atoms with E-state index in [9.17, 15) is 4.39 Å². The third-order valence-corrected chi connectivity index (χ3v) is 4.24. The van der Waals surface area contributed by atoms with Crippen molar-refractivity contribution in [3.05, 3.63) is 35.6 Å². The van der Waals surface area contributed by atoms with Gasteiger partial charge in [0.25, 0.3) is 0 Å². The molecule has 4 heteroatoms. The van der Waals surface area contributed by atoms with E-state index in [4.69, 9.17) is 15.2 Å². The summed E-state index contributed by atoms with van der Waals surface area (Å²) in [4.78, 5) is 0. The topological polar surface area (TPSA) is 44.5 Å². The molecule has 2 heterocycles. The summed E-state index contributed by atoms with van der Waals surface area (Å²) in [7, 11) is 0. The normalized spacial score (nSPS) is 24.8. The maximum Gasteiger partial charge on any atom is 0.123 e. The van der Waals surface area contributed by atoms with Gasteiger partial charge in [0.2, 0.25) is 0 Å². The minimum atomic E-state index is -0.207. The van der Waals surface area contributed by atoms with Crippen molar-refractivity contribution in [2.24, 2.45) is 11.1 Å². The van der Waals surface area contributed by atoms with E-state index in [1.54, 1.807) is 12.1 Å². The van der Waals surface area contributed by atoms with Crippen LogP contribution in [0.4, 0.5) is 4.39 Å². The van der Waals surface area contributed by atoms with Crippen LogP contribution in [0.1, 0.15) is 5.56 Å². The zero-order valence-electron chi connectivity index (χ0n) is 9.62. The summed E-state index contributed by atoms with van der Waals surface area (Å²) < 4.78 is 24.1. The lowest BCUT2D eigenvalue weighted by molar-refractivity contribution is -0.223. The Morgan fingerprint density at radius 2 is 1.88 bits per heavy atom. The highest BCUT2D eigenvalue weighted by Gasteiger charge is 2.60. The molecule has 1 aromatic carbocycles. The van der Waals surface area contributed by atoms with Crippen molar-refractivity contribution in [2.75, 3.05) is 33.0 Å². The molecule has 92 valence electrons. The average Bonchev–Trinajstić information content (AvgIpc) is 2.20. The Morgan fingerprint density at radius 1 is 1.18 bits per heavy atom. The highest BCUT2D eigenvalue weighted by Crippen LogP contribution is 2.51. The lowest BCUT2D eigenvalue weighted by Crippen LogP contribution is -2.69. The lowest BCUT2D eigenvalue weighted by Gasteiger charge is -2.59. The van der Waals surface area contributed by atoms with E-state index >= 15 is 0 Å². The molecule has 17 heavy (non-hydrogen) atoms. The number of halogens is 1. The molecule has 3 rings (SSSR count). The van der Waals surface area contributed by atoms with Gasteiger partial charge in [0.05, 0.1) is 31.8 Å². The molecule has 2 aliphatic heterocycles. The van der Waals surface area contributed by atoms with E-state index in [1.807, 2.05) is 6.07 Å². The van der Waals surface area contributed by atoms with E-state index in [2.05, 4.69) is 0 Å². The smallest absolute Gasteiger partial charge is 0.123 e. The standard InChI is InChI=1S/C13H16FNO2/c14-11-3-1-2-10(4-11)13(8-17-9-13)12(5-15)6-16-7-12/h1-4H,5-9,15H2. The molecule has 0 atom stereocenters. The van der Waals surface area contributed by atoms with Gasteiger partial charge in [-0.3, -0.25) is 0 Å². The first-order valence-electron chi connectivity index (χ1n) is 5.84. The van der Waals surface area contributed by atoms with Crippen molar-refractivity contribution in [1.82, 2.24) is 0 Å². The first-order chi connectivity index (χ1) is 8.22. The van der Waals surface area contributed by atoms with Crippen molar-refractivity contribution in [2.45, 2.75) is 5.41 Å². The lowest BCUT2D eigenvalue weighted by atomic mass is 9.57. The maximum atomic E-state index is 13.4. The second-order valence-electron chi connectivity index (χ2n) is 5.06. The minimum absolute atomic E-state index is 0.0843. The van der Waals surface area contributed by atoms with E-state index in [0.29, 0.717) is 33.0 Å². The van der Waals surface area contributed by atoms with Crippen LogP contribution in [0.25, 0.3) is 0 Å². The number of ether oxygens (including phenoxy) is 2. The van der Waals surface area contributed by atoms with Crippen LogP contribution in [-0.4, -0.2) is 33.0 Å². The Morgan fingerprint density at radius 3 is 2.29 bits per heavy atom. The molecule has 3 nitrogen and oxygen atoms in total. The molecular formula is C13H16FNO2. The molecule has 0 amide bonds. The minimum Gasteiger partial charge on any atom is -0.380 e. The predicted octanol–water partition coefficient (Wildman–Crippen LogP) is 1.07. The summed E-state index contributed by atoms with van der Waals surface area (Å²) >= 11 is 0. The zero-order valence-corrected chi connectivity index (χ0v) is 9.62. The van der Waals surface area contributed by atoms with Crippen molar-refractivity contribution < 1.29 is 13.9 Å². The summed E-state index contributed by atoms with van der Waals surface area (Å²) in [6, 6.07) is 6.76. The van der Waals surface area contributed by atoms with Crippen LogP contribution in [0.3, 0.4) is 0 Å². The van der Waals surface area contributed by atoms with Crippen molar-refractivity contribution >= 4 is 0 Å². The van der Waals surface area contributed by atoms with Gasteiger partial charge in [-0.05, 0) is 17.7 Å². The molecule has 2 N–H and O–H groups in total. The second-order valence-corrected chi connectivity index (χ2v) is 5.06. The van der Waals surface area contributed by atoms with Gasteiger partial charge in [0.15, 0.2) is 0 Å². The summed E-state index contributed by atoms with van der Waals surface area (Å²) in [5.74, 6) is -0.207. The van der Waals surface area contributed by atoms with Crippen molar-refractivity contribution in [3.63, 3.8) is 0 Å². The van der Waals surface area contributed by atoms with Gasteiger partial charge in [0, 0.05) is 12.0 Å². The number of rotatable bonds is 3. The number of benzene rings is 1. The van der Waals surface area contributed by atoms with Crippen molar-refractivity contribution in [3.8, 4) is 0 Å². The van der Waals surface area contributed by atoms with Gasteiger partial charge in [0.1, 0.15) is 5.82 Å². The summed E-state index contributed by atoms with van der Waals surface area (Å²) in [5, 5.41) is 0. The molecule has 0 unspecified atom stereocenters. The van der Waals surface area contributed by atoms with Crippen LogP contribution in [0, 0.1) is 11.2 Å². The number of hydrogen-bond acceptors (Lipinski definition) is 3. The summed E-state index contributed by atoms with van der Waals surface area (Å²) in [6.45, 7) is 3.05. The summed E-state index contributed by atoms with van der Waals surface area (Å²) in [6.07, 6.45) is 0.